The number of nitrogens with one attached hydrogen (secondary N) is 3. The molecule has 0 fully saturated rings. The van der Waals surface area contributed by atoms with Crippen molar-refractivity contribution in [2.75, 3.05) is 0 Å². The van der Waals surface area contributed by atoms with Gasteiger partial charge in [-0.2, -0.15) is 15.4 Å². The van der Waals surface area contributed by atoms with E-state index in [1.54, 1.807) is 19.1 Å². The SMILES string of the molecule is Cc1cc(C(=O)N[C@@H]2c3ccccc3C[C@H]2NC(=O)C2CCc3n[nH]nc3C2)ccc1O. The van der Waals surface area contributed by atoms with Gasteiger partial charge in [0.25, 0.3) is 5.91 Å². The van der Waals surface area contributed by atoms with Gasteiger partial charge in [-0.1, -0.05) is 24.3 Å². The Hall–Kier alpha value is -3.68. The largest absolute Gasteiger partial charge is 0.508 e. The Morgan fingerprint density at radius 1 is 1.06 bits per heavy atom. The summed E-state index contributed by atoms with van der Waals surface area (Å²) in [4.78, 5) is 26.1. The number of hydrogen-bond donors (Lipinski definition) is 4. The van der Waals surface area contributed by atoms with Crippen LogP contribution >= 0.6 is 0 Å². The van der Waals surface area contributed by atoms with E-state index >= 15 is 0 Å². The minimum Gasteiger partial charge on any atom is -0.508 e. The van der Waals surface area contributed by atoms with E-state index in [4.69, 9.17) is 0 Å². The van der Waals surface area contributed by atoms with Crippen LogP contribution in [0.5, 0.6) is 5.75 Å². The summed E-state index contributed by atoms with van der Waals surface area (Å²) in [6.07, 6.45) is 2.69. The van der Waals surface area contributed by atoms with Crippen molar-refractivity contribution in [3.05, 3.63) is 76.1 Å². The Kier molecular flexibility index (Phi) is 5.13. The number of carbonyl (C=O) groups excluding carboxylic acids is 2. The molecule has 1 unspecified atom stereocenters. The smallest absolute Gasteiger partial charge is 0.251 e. The zero-order valence-corrected chi connectivity index (χ0v) is 17.8. The number of aromatic nitrogens is 3. The molecule has 2 aromatic carbocycles. The lowest BCUT2D eigenvalue weighted by Gasteiger charge is -2.26. The van der Waals surface area contributed by atoms with Gasteiger partial charge in [0.1, 0.15) is 5.75 Å². The number of hydrogen-bond acceptors (Lipinski definition) is 5. The van der Waals surface area contributed by atoms with E-state index in [0.29, 0.717) is 24.0 Å². The van der Waals surface area contributed by atoms with Gasteiger partial charge in [0.2, 0.25) is 5.91 Å². The van der Waals surface area contributed by atoms with Crippen LogP contribution in [0, 0.1) is 12.8 Å². The molecular formula is C24H25N5O3. The molecule has 8 heteroatoms. The first-order chi connectivity index (χ1) is 15.5. The molecule has 0 radical (unpaired) electrons. The van der Waals surface area contributed by atoms with E-state index in [1.165, 1.54) is 6.07 Å². The third kappa shape index (κ3) is 3.72. The first-order valence-corrected chi connectivity index (χ1v) is 10.9. The zero-order valence-electron chi connectivity index (χ0n) is 17.8. The van der Waals surface area contributed by atoms with Crippen LogP contribution in [0.4, 0.5) is 0 Å². The van der Waals surface area contributed by atoms with Gasteiger partial charge >= 0.3 is 0 Å². The average Bonchev–Trinajstić information content (AvgIpc) is 3.39. The third-order valence-electron chi connectivity index (χ3n) is 6.55. The van der Waals surface area contributed by atoms with Gasteiger partial charge in [-0.3, -0.25) is 9.59 Å². The molecule has 3 aromatic rings. The Bertz CT molecular complexity index is 1190. The highest BCUT2D eigenvalue weighted by atomic mass is 16.3. The van der Waals surface area contributed by atoms with Crippen molar-refractivity contribution in [2.24, 2.45) is 5.92 Å². The van der Waals surface area contributed by atoms with Crippen molar-refractivity contribution in [1.82, 2.24) is 26.0 Å². The lowest BCUT2D eigenvalue weighted by atomic mass is 9.89. The molecule has 32 heavy (non-hydrogen) atoms. The average molecular weight is 431 g/mol. The Morgan fingerprint density at radius 2 is 1.88 bits per heavy atom. The number of benzene rings is 2. The highest BCUT2D eigenvalue weighted by Crippen LogP contribution is 2.33. The molecule has 8 nitrogen and oxygen atoms in total. The van der Waals surface area contributed by atoms with E-state index in [1.807, 2.05) is 24.3 Å². The van der Waals surface area contributed by atoms with Crippen molar-refractivity contribution in [2.45, 2.75) is 44.7 Å². The van der Waals surface area contributed by atoms with E-state index < -0.39 is 0 Å². The molecule has 5 rings (SSSR count). The molecule has 164 valence electrons. The highest BCUT2D eigenvalue weighted by Gasteiger charge is 2.36. The van der Waals surface area contributed by atoms with Crippen LogP contribution in [0.2, 0.25) is 0 Å². The fourth-order valence-electron chi connectivity index (χ4n) is 4.74. The van der Waals surface area contributed by atoms with Gasteiger partial charge in [-0.15, -0.1) is 0 Å². The summed E-state index contributed by atoms with van der Waals surface area (Å²) < 4.78 is 0. The van der Waals surface area contributed by atoms with E-state index in [-0.39, 0.29) is 35.6 Å². The maximum absolute atomic E-state index is 13.1. The normalized spacial score (nSPS) is 21.5. The number of aromatic amines is 1. The second kappa shape index (κ2) is 8.11. The second-order valence-corrected chi connectivity index (χ2v) is 8.63. The number of fused-ring (bicyclic) bond motifs is 2. The van der Waals surface area contributed by atoms with Gasteiger partial charge in [-0.25, -0.2) is 0 Å². The molecule has 0 bridgehead atoms. The summed E-state index contributed by atoms with van der Waals surface area (Å²) in [7, 11) is 0. The molecule has 0 spiro atoms. The Labute approximate surface area is 185 Å². The maximum Gasteiger partial charge on any atom is 0.251 e. The molecule has 2 aliphatic rings. The standard InChI is InChI=1S/C24H25N5O3/c1-13-10-15(7-9-21(13)30)24(32)26-22-17-5-3-2-4-14(17)11-20(22)25-23(31)16-6-8-18-19(12-16)28-29-27-18/h2-5,7,9-10,16,20,22,30H,6,8,11-12H2,1H3,(H,25,31)(H,26,32)(H,27,28,29)/t16?,20-,22-/m1/s1. The quantitative estimate of drug-likeness (QED) is 0.505. The zero-order chi connectivity index (χ0) is 22.2. The van der Waals surface area contributed by atoms with Crippen LogP contribution in [-0.2, 0) is 24.1 Å². The topological polar surface area (TPSA) is 120 Å². The number of H-pyrrole nitrogens is 1. The minimum absolute atomic E-state index is 0.0174. The maximum atomic E-state index is 13.1. The van der Waals surface area contributed by atoms with Crippen LogP contribution < -0.4 is 10.6 Å². The van der Waals surface area contributed by atoms with Gasteiger partial charge in [0.15, 0.2) is 0 Å². The lowest BCUT2D eigenvalue weighted by molar-refractivity contribution is -0.126. The van der Waals surface area contributed by atoms with Crippen LogP contribution in [0.1, 0.15) is 50.9 Å². The monoisotopic (exact) mass is 431 g/mol. The van der Waals surface area contributed by atoms with Gasteiger partial charge in [-0.05, 0) is 61.1 Å². The molecule has 3 atom stereocenters. The molecule has 4 N–H and O–H groups in total. The summed E-state index contributed by atoms with van der Waals surface area (Å²) in [6, 6.07) is 12.2. The number of amides is 2. The summed E-state index contributed by atoms with van der Waals surface area (Å²) in [5.74, 6) is -0.261. The molecule has 1 aromatic heterocycles. The number of aromatic hydroxyl groups is 1. The first kappa shape index (κ1) is 20.2. The van der Waals surface area contributed by atoms with Crippen LogP contribution in [0.25, 0.3) is 0 Å². The number of carbonyl (C=O) groups is 2. The van der Waals surface area contributed by atoms with Crippen molar-refractivity contribution >= 4 is 11.8 Å². The molecular weight excluding hydrogens is 406 g/mol. The predicted octanol–water partition coefficient (Wildman–Crippen LogP) is 2.14. The number of aryl methyl sites for hydroxylation is 2. The van der Waals surface area contributed by atoms with Gasteiger partial charge < -0.3 is 15.7 Å². The van der Waals surface area contributed by atoms with Crippen LogP contribution in [-0.4, -0.2) is 38.4 Å². The first-order valence-electron chi connectivity index (χ1n) is 10.9. The van der Waals surface area contributed by atoms with Crippen LogP contribution in [0.15, 0.2) is 42.5 Å². The summed E-state index contributed by atoms with van der Waals surface area (Å²) in [5.41, 5.74) is 5.05. The number of phenols is 1. The van der Waals surface area contributed by atoms with E-state index in [2.05, 4.69) is 26.0 Å². The second-order valence-electron chi connectivity index (χ2n) is 8.63. The van der Waals surface area contributed by atoms with Crippen molar-refractivity contribution in [3.63, 3.8) is 0 Å². The molecule has 0 saturated carbocycles. The summed E-state index contributed by atoms with van der Waals surface area (Å²) in [6.45, 7) is 1.75. The van der Waals surface area contributed by atoms with Crippen molar-refractivity contribution in [1.29, 1.82) is 0 Å². The summed E-state index contributed by atoms with van der Waals surface area (Å²) >= 11 is 0. The Balaban J connectivity index is 1.34. The number of phenolic OH excluding ortho intramolecular Hbond substituents is 1. The fraction of sp³-hybridized carbons (Fsp3) is 0.333. The van der Waals surface area contributed by atoms with E-state index in [0.717, 1.165) is 35.4 Å². The van der Waals surface area contributed by atoms with Crippen molar-refractivity contribution < 1.29 is 14.7 Å². The van der Waals surface area contributed by atoms with E-state index in [9.17, 15) is 14.7 Å². The number of rotatable bonds is 4. The molecule has 2 amide bonds. The fourth-order valence-corrected chi connectivity index (χ4v) is 4.74. The minimum atomic E-state index is -0.331. The Morgan fingerprint density at radius 3 is 2.72 bits per heavy atom. The summed E-state index contributed by atoms with van der Waals surface area (Å²) in [5, 5.41) is 27.0. The van der Waals surface area contributed by atoms with Gasteiger partial charge in [0.05, 0.1) is 23.5 Å². The predicted molar refractivity (Wildman–Crippen MR) is 117 cm³/mol. The molecule has 2 aliphatic carbocycles. The third-order valence-corrected chi connectivity index (χ3v) is 6.55. The van der Waals surface area contributed by atoms with Crippen LogP contribution in [0.3, 0.4) is 0 Å². The lowest BCUT2D eigenvalue weighted by Crippen LogP contribution is -2.47. The molecule has 1 heterocycles. The van der Waals surface area contributed by atoms with Crippen molar-refractivity contribution in [3.8, 4) is 5.75 Å². The molecule has 0 saturated heterocycles. The van der Waals surface area contributed by atoms with Gasteiger partial charge in [0, 0.05) is 17.9 Å². The highest BCUT2D eigenvalue weighted by molar-refractivity contribution is 5.95. The number of nitrogens with zero attached hydrogens (tertiary/aromatic N) is 2. The molecule has 0 aliphatic heterocycles.